The third-order valence-electron chi connectivity index (χ3n) is 5.14. The van der Waals surface area contributed by atoms with Crippen LogP contribution in [0.1, 0.15) is 44.4 Å². The Morgan fingerprint density at radius 3 is 2.52 bits per heavy atom. The molecule has 23 heavy (non-hydrogen) atoms. The van der Waals surface area contributed by atoms with Gasteiger partial charge in [-0.1, -0.05) is 62.4 Å². The molecule has 4 rings (SSSR count). The molecule has 2 aromatic carbocycles. The molecule has 0 radical (unpaired) electrons. The number of nitrogens with zero attached hydrogens (tertiary/aromatic N) is 2. The lowest BCUT2D eigenvalue weighted by atomic mass is 9.91. The first kappa shape index (κ1) is 14.3. The Labute approximate surface area is 137 Å². The van der Waals surface area contributed by atoms with Crippen molar-refractivity contribution in [3.05, 3.63) is 65.7 Å². The molecule has 2 aromatic rings. The normalized spacial score (nSPS) is 25.7. The average molecular weight is 306 g/mol. The zero-order valence-corrected chi connectivity index (χ0v) is 13.9. The lowest BCUT2D eigenvalue weighted by Crippen LogP contribution is -2.54. The number of hydrazone groups is 1. The van der Waals surface area contributed by atoms with E-state index in [-0.39, 0.29) is 6.04 Å². The van der Waals surface area contributed by atoms with Gasteiger partial charge in [-0.15, -0.1) is 0 Å². The summed E-state index contributed by atoms with van der Waals surface area (Å²) in [5.74, 6) is 1.33. The zero-order valence-electron chi connectivity index (χ0n) is 13.9. The molecule has 2 heterocycles. The molecule has 0 saturated carbocycles. The molecule has 3 heteroatoms. The number of benzene rings is 2. The second kappa shape index (κ2) is 5.12. The van der Waals surface area contributed by atoms with Crippen molar-refractivity contribution in [2.24, 2.45) is 11.0 Å². The van der Waals surface area contributed by atoms with Crippen molar-refractivity contribution < 1.29 is 4.74 Å². The van der Waals surface area contributed by atoms with Gasteiger partial charge in [0.2, 0.25) is 0 Å². The molecule has 2 aliphatic heterocycles. The molecule has 2 aliphatic rings. The highest BCUT2D eigenvalue weighted by Gasteiger charge is 2.49. The summed E-state index contributed by atoms with van der Waals surface area (Å²) in [4.78, 5) is 0. The maximum absolute atomic E-state index is 6.40. The Morgan fingerprint density at radius 2 is 1.78 bits per heavy atom. The SMILES string of the molecule is CC(C)[C@@]1(C)Oc2ccccc2[C@H]2CC(c3ccccc3)=NN21. The Bertz CT molecular complexity index is 753. The number of hydrogen-bond donors (Lipinski definition) is 0. The highest BCUT2D eigenvalue weighted by molar-refractivity contribution is 6.01. The van der Waals surface area contributed by atoms with E-state index in [9.17, 15) is 0 Å². The van der Waals surface area contributed by atoms with Crippen LogP contribution >= 0.6 is 0 Å². The first-order valence-corrected chi connectivity index (χ1v) is 8.30. The molecule has 2 atom stereocenters. The van der Waals surface area contributed by atoms with E-state index in [4.69, 9.17) is 9.84 Å². The van der Waals surface area contributed by atoms with Gasteiger partial charge in [-0.2, -0.15) is 5.10 Å². The van der Waals surface area contributed by atoms with E-state index in [0.717, 1.165) is 17.9 Å². The molecule has 0 N–H and O–H groups in total. The molecule has 0 spiro atoms. The molecule has 0 amide bonds. The summed E-state index contributed by atoms with van der Waals surface area (Å²) in [7, 11) is 0. The highest BCUT2D eigenvalue weighted by Crippen LogP contribution is 2.48. The predicted molar refractivity (Wildman–Crippen MR) is 92.5 cm³/mol. The molecular weight excluding hydrogens is 284 g/mol. The second-order valence-electron chi connectivity index (χ2n) is 6.83. The molecule has 0 fully saturated rings. The van der Waals surface area contributed by atoms with Crippen LogP contribution in [0.3, 0.4) is 0 Å². The van der Waals surface area contributed by atoms with Crippen molar-refractivity contribution in [2.45, 2.75) is 39.0 Å². The van der Waals surface area contributed by atoms with Crippen LogP contribution in [0.5, 0.6) is 5.75 Å². The summed E-state index contributed by atoms with van der Waals surface area (Å²) < 4.78 is 6.40. The van der Waals surface area contributed by atoms with Crippen LogP contribution in [-0.2, 0) is 0 Å². The fourth-order valence-corrected chi connectivity index (χ4v) is 3.47. The Kier molecular flexibility index (Phi) is 3.19. The van der Waals surface area contributed by atoms with Crippen molar-refractivity contribution in [3.8, 4) is 5.75 Å². The maximum atomic E-state index is 6.40. The van der Waals surface area contributed by atoms with Gasteiger partial charge in [0.1, 0.15) is 5.75 Å². The van der Waals surface area contributed by atoms with E-state index in [1.807, 2.05) is 12.1 Å². The lowest BCUT2D eigenvalue weighted by Gasteiger charge is -2.48. The van der Waals surface area contributed by atoms with Gasteiger partial charge in [0.05, 0.1) is 11.8 Å². The first-order chi connectivity index (χ1) is 11.1. The van der Waals surface area contributed by atoms with Crippen molar-refractivity contribution >= 4 is 5.71 Å². The quantitative estimate of drug-likeness (QED) is 0.810. The Morgan fingerprint density at radius 1 is 1.09 bits per heavy atom. The van der Waals surface area contributed by atoms with Gasteiger partial charge >= 0.3 is 0 Å². The van der Waals surface area contributed by atoms with Crippen LogP contribution in [0.15, 0.2) is 59.7 Å². The molecule has 3 nitrogen and oxygen atoms in total. The fraction of sp³-hybridized carbons (Fsp3) is 0.350. The van der Waals surface area contributed by atoms with Gasteiger partial charge in [0.15, 0.2) is 5.72 Å². The summed E-state index contributed by atoms with van der Waals surface area (Å²) in [5, 5.41) is 7.16. The van der Waals surface area contributed by atoms with Gasteiger partial charge in [-0.3, -0.25) is 0 Å². The molecule has 0 saturated heterocycles. The first-order valence-electron chi connectivity index (χ1n) is 8.30. The molecule has 0 aromatic heterocycles. The van der Waals surface area contributed by atoms with Crippen molar-refractivity contribution in [1.29, 1.82) is 0 Å². The number of hydrogen-bond acceptors (Lipinski definition) is 3. The van der Waals surface area contributed by atoms with Crippen molar-refractivity contribution in [3.63, 3.8) is 0 Å². The van der Waals surface area contributed by atoms with E-state index in [0.29, 0.717) is 5.92 Å². The monoisotopic (exact) mass is 306 g/mol. The average Bonchev–Trinajstić information content (AvgIpc) is 3.02. The maximum Gasteiger partial charge on any atom is 0.197 e. The van der Waals surface area contributed by atoms with Crippen LogP contribution < -0.4 is 4.74 Å². The number of ether oxygens (including phenoxy) is 1. The van der Waals surface area contributed by atoms with E-state index < -0.39 is 5.72 Å². The number of para-hydroxylation sites is 1. The lowest BCUT2D eigenvalue weighted by molar-refractivity contribution is -0.135. The largest absolute Gasteiger partial charge is 0.466 e. The summed E-state index contributed by atoms with van der Waals surface area (Å²) in [6.07, 6.45) is 0.923. The third-order valence-corrected chi connectivity index (χ3v) is 5.14. The van der Waals surface area contributed by atoms with Crippen LogP contribution in [-0.4, -0.2) is 16.4 Å². The van der Waals surface area contributed by atoms with Gasteiger partial charge in [0, 0.05) is 17.9 Å². The third kappa shape index (κ3) is 2.14. The Balaban J connectivity index is 1.81. The number of fused-ring (bicyclic) bond motifs is 3. The molecule has 0 bridgehead atoms. The summed E-state index contributed by atoms with van der Waals surface area (Å²) >= 11 is 0. The predicted octanol–water partition coefficient (Wildman–Crippen LogP) is 4.60. The van der Waals surface area contributed by atoms with Crippen LogP contribution in [0.25, 0.3) is 0 Å². The van der Waals surface area contributed by atoms with E-state index >= 15 is 0 Å². The molecule has 0 aliphatic carbocycles. The van der Waals surface area contributed by atoms with Crippen molar-refractivity contribution in [2.75, 3.05) is 0 Å². The number of rotatable bonds is 2. The van der Waals surface area contributed by atoms with Gasteiger partial charge in [0.25, 0.3) is 0 Å². The van der Waals surface area contributed by atoms with Gasteiger partial charge < -0.3 is 4.74 Å². The van der Waals surface area contributed by atoms with E-state index in [1.165, 1.54) is 11.1 Å². The summed E-state index contributed by atoms with van der Waals surface area (Å²) in [5.41, 5.74) is 3.16. The fourth-order valence-electron chi connectivity index (χ4n) is 3.47. The minimum Gasteiger partial charge on any atom is -0.466 e. The minimum absolute atomic E-state index is 0.252. The molecule has 118 valence electrons. The van der Waals surface area contributed by atoms with Gasteiger partial charge in [-0.25, -0.2) is 5.01 Å². The topological polar surface area (TPSA) is 24.8 Å². The zero-order chi connectivity index (χ0) is 16.0. The summed E-state index contributed by atoms with van der Waals surface area (Å²) in [6.45, 7) is 6.54. The van der Waals surface area contributed by atoms with E-state index in [1.54, 1.807) is 0 Å². The molecular formula is C20H22N2O. The standard InChI is InChI=1S/C20H22N2O/c1-14(2)20(3)22-18(16-11-7-8-12-19(16)23-20)13-17(21-22)15-9-5-4-6-10-15/h4-12,14,18H,13H2,1-3H3/t18-,20-/m1/s1. The van der Waals surface area contributed by atoms with Gasteiger partial charge in [-0.05, 0) is 18.6 Å². The van der Waals surface area contributed by atoms with Crippen LogP contribution in [0.4, 0.5) is 0 Å². The van der Waals surface area contributed by atoms with Crippen LogP contribution in [0, 0.1) is 5.92 Å². The molecule has 0 unspecified atom stereocenters. The highest BCUT2D eigenvalue weighted by atomic mass is 16.5. The minimum atomic E-state index is -0.421. The summed E-state index contributed by atoms with van der Waals surface area (Å²) in [6, 6.07) is 19.1. The smallest absolute Gasteiger partial charge is 0.197 e. The van der Waals surface area contributed by atoms with Crippen LogP contribution in [0.2, 0.25) is 0 Å². The Hall–Kier alpha value is -2.29. The second-order valence-corrected chi connectivity index (χ2v) is 6.83. The van der Waals surface area contributed by atoms with Crippen molar-refractivity contribution in [1.82, 2.24) is 5.01 Å². The van der Waals surface area contributed by atoms with E-state index in [2.05, 4.69) is 68.2 Å².